The first-order valence-corrected chi connectivity index (χ1v) is 7.16. The molecule has 3 N–H and O–H groups in total. The molecule has 0 spiro atoms. The van der Waals surface area contributed by atoms with E-state index in [9.17, 15) is 4.79 Å². The molecule has 2 aromatic rings. The number of fused-ring (bicyclic) bond motifs is 1. The fourth-order valence-electron chi connectivity index (χ4n) is 2.59. The molecule has 1 aliphatic carbocycles. The summed E-state index contributed by atoms with van der Waals surface area (Å²) in [5.41, 5.74) is 6.81. The minimum absolute atomic E-state index is 0.0230. The zero-order chi connectivity index (χ0) is 12.5. The number of thiophene rings is 1. The summed E-state index contributed by atoms with van der Waals surface area (Å²) in [6, 6.07) is 8.11. The van der Waals surface area contributed by atoms with Crippen molar-refractivity contribution < 1.29 is 4.79 Å². The third-order valence-corrected chi connectivity index (χ3v) is 4.52. The summed E-state index contributed by atoms with van der Waals surface area (Å²) in [6.07, 6.45) is 2.93. The maximum absolute atomic E-state index is 12.1. The smallest absolute Gasteiger partial charge is 0.229 e. The van der Waals surface area contributed by atoms with Crippen LogP contribution in [0.5, 0.6) is 0 Å². The topological polar surface area (TPSA) is 55.1 Å². The van der Waals surface area contributed by atoms with Gasteiger partial charge in [-0.15, -0.1) is 11.3 Å². The number of nitrogens with two attached hydrogens (primary N) is 1. The van der Waals surface area contributed by atoms with Gasteiger partial charge in [-0.05, 0) is 47.9 Å². The van der Waals surface area contributed by atoms with E-state index in [0.717, 1.165) is 24.9 Å². The van der Waals surface area contributed by atoms with Gasteiger partial charge in [0, 0.05) is 16.4 Å². The molecule has 0 radical (unpaired) electrons. The second-order valence-electron chi connectivity index (χ2n) is 4.86. The summed E-state index contributed by atoms with van der Waals surface area (Å²) in [6.45, 7) is 0. The van der Waals surface area contributed by atoms with Gasteiger partial charge in [0.25, 0.3) is 0 Å². The van der Waals surface area contributed by atoms with Crippen molar-refractivity contribution in [2.75, 3.05) is 5.32 Å². The molecular formula is C14H16N2OS. The monoisotopic (exact) mass is 260 g/mol. The van der Waals surface area contributed by atoms with E-state index in [4.69, 9.17) is 5.73 Å². The third kappa shape index (κ3) is 2.13. The van der Waals surface area contributed by atoms with Crippen LogP contribution in [0.2, 0.25) is 0 Å². The molecule has 4 heteroatoms. The second kappa shape index (κ2) is 4.71. The normalized spacial score (nSPS) is 23.4. The lowest BCUT2D eigenvalue weighted by Gasteiger charge is -2.15. The molecule has 0 aliphatic heterocycles. The second-order valence-corrected chi connectivity index (χ2v) is 5.81. The van der Waals surface area contributed by atoms with Crippen molar-refractivity contribution in [3.8, 4) is 0 Å². The highest BCUT2D eigenvalue weighted by atomic mass is 32.1. The predicted molar refractivity (Wildman–Crippen MR) is 75.8 cm³/mol. The highest BCUT2D eigenvalue weighted by molar-refractivity contribution is 7.17. The SMILES string of the molecule is NC1CCCC1C(=O)Nc1ccc2sccc2c1. The Balaban J connectivity index is 1.77. The Kier molecular flexibility index (Phi) is 3.06. The fourth-order valence-corrected chi connectivity index (χ4v) is 3.36. The molecule has 1 saturated carbocycles. The molecule has 94 valence electrons. The van der Waals surface area contributed by atoms with Gasteiger partial charge in [-0.2, -0.15) is 0 Å². The number of carbonyl (C=O) groups is 1. The van der Waals surface area contributed by atoms with Crippen LogP contribution in [0.25, 0.3) is 10.1 Å². The first-order chi connectivity index (χ1) is 8.74. The molecule has 1 aromatic heterocycles. The highest BCUT2D eigenvalue weighted by Crippen LogP contribution is 2.27. The number of nitrogens with one attached hydrogen (secondary N) is 1. The van der Waals surface area contributed by atoms with Crippen molar-refractivity contribution in [3.05, 3.63) is 29.6 Å². The molecule has 3 nitrogen and oxygen atoms in total. The van der Waals surface area contributed by atoms with E-state index in [1.807, 2.05) is 18.2 Å². The highest BCUT2D eigenvalue weighted by Gasteiger charge is 2.30. The molecular weight excluding hydrogens is 244 g/mol. The Hall–Kier alpha value is -1.39. The summed E-state index contributed by atoms with van der Waals surface area (Å²) in [4.78, 5) is 12.1. The van der Waals surface area contributed by atoms with Crippen molar-refractivity contribution in [3.63, 3.8) is 0 Å². The first-order valence-electron chi connectivity index (χ1n) is 6.28. The minimum atomic E-state index is -0.0248. The van der Waals surface area contributed by atoms with Crippen LogP contribution in [0.3, 0.4) is 0 Å². The Morgan fingerprint density at radius 2 is 2.22 bits per heavy atom. The summed E-state index contributed by atoms with van der Waals surface area (Å²) in [7, 11) is 0. The predicted octanol–water partition coefficient (Wildman–Crippen LogP) is 2.97. The number of carbonyl (C=O) groups excluding carboxylic acids is 1. The van der Waals surface area contributed by atoms with Crippen LogP contribution >= 0.6 is 11.3 Å². The van der Waals surface area contributed by atoms with Gasteiger partial charge in [-0.1, -0.05) is 6.42 Å². The molecule has 0 bridgehead atoms. The van der Waals surface area contributed by atoms with E-state index in [1.54, 1.807) is 11.3 Å². The summed E-state index contributed by atoms with van der Waals surface area (Å²) in [5, 5.41) is 6.22. The lowest BCUT2D eigenvalue weighted by atomic mass is 10.0. The number of amides is 1. The van der Waals surface area contributed by atoms with E-state index >= 15 is 0 Å². The van der Waals surface area contributed by atoms with Gasteiger partial charge in [-0.3, -0.25) is 4.79 Å². The molecule has 1 amide bonds. The molecule has 0 saturated heterocycles. The van der Waals surface area contributed by atoms with Gasteiger partial charge in [0.2, 0.25) is 5.91 Å². The number of rotatable bonds is 2. The van der Waals surface area contributed by atoms with Crippen molar-refractivity contribution in [1.82, 2.24) is 0 Å². The van der Waals surface area contributed by atoms with E-state index < -0.39 is 0 Å². The van der Waals surface area contributed by atoms with Gasteiger partial charge in [0.15, 0.2) is 0 Å². The molecule has 1 aliphatic rings. The van der Waals surface area contributed by atoms with Crippen LogP contribution in [-0.4, -0.2) is 11.9 Å². The molecule has 1 fully saturated rings. The van der Waals surface area contributed by atoms with Crippen molar-refractivity contribution in [2.45, 2.75) is 25.3 Å². The van der Waals surface area contributed by atoms with Gasteiger partial charge < -0.3 is 11.1 Å². The number of benzene rings is 1. The van der Waals surface area contributed by atoms with Gasteiger partial charge in [-0.25, -0.2) is 0 Å². The molecule has 2 unspecified atom stereocenters. The molecule has 2 atom stereocenters. The average Bonchev–Trinajstić information content (AvgIpc) is 2.96. The average molecular weight is 260 g/mol. The van der Waals surface area contributed by atoms with Gasteiger partial charge in [0.1, 0.15) is 0 Å². The molecule has 3 rings (SSSR count). The largest absolute Gasteiger partial charge is 0.327 e. The first kappa shape index (κ1) is 11.7. The van der Waals surface area contributed by atoms with E-state index in [0.29, 0.717) is 0 Å². The molecule has 1 aromatic carbocycles. The molecule has 1 heterocycles. The Bertz CT molecular complexity index is 578. The van der Waals surface area contributed by atoms with Crippen LogP contribution < -0.4 is 11.1 Å². The number of hydrogen-bond acceptors (Lipinski definition) is 3. The summed E-state index contributed by atoms with van der Waals surface area (Å²) in [5.74, 6) is 0.0396. The van der Waals surface area contributed by atoms with Crippen molar-refractivity contribution in [2.24, 2.45) is 11.7 Å². The van der Waals surface area contributed by atoms with Gasteiger partial charge >= 0.3 is 0 Å². The van der Waals surface area contributed by atoms with E-state index in [1.165, 1.54) is 10.1 Å². The van der Waals surface area contributed by atoms with Gasteiger partial charge in [0.05, 0.1) is 5.92 Å². The summed E-state index contributed by atoms with van der Waals surface area (Å²) >= 11 is 1.71. The lowest BCUT2D eigenvalue weighted by molar-refractivity contribution is -0.120. The van der Waals surface area contributed by atoms with Crippen molar-refractivity contribution >= 4 is 33.0 Å². The quantitative estimate of drug-likeness (QED) is 0.872. The number of anilines is 1. The fraction of sp³-hybridized carbons (Fsp3) is 0.357. The molecule has 18 heavy (non-hydrogen) atoms. The lowest BCUT2D eigenvalue weighted by Crippen LogP contribution is -2.34. The zero-order valence-electron chi connectivity index (χ0n) is 10.1. The van der Waals surface area contributed by atoms with Crippen LogP contribution in [0.1, 0.15) is 19.3 Å². The maximum Gasteiger partial charge on any atom is 0.229 e. The maximum atomic E-state index is 12.1. The van der Waals surface area contributed by atoms with Crippen LogP contribution in [-0.2, 0) is 4.79 Å². The minimum Gasteiger partial charge on any atom is -0.327 e. The van der Waals surface area contributed by atoms with E-state index in [-0.39, 0.29) is 17.9 Å². The standard InChI is InChI=1S/C14H16N2OS/c15-12-3-1-2-11(12)14(17)16-10-4-5-13-9(8-10)6-7-18-13/h4-8,11-12H,1-3,15H2,(H,16,17). The Labute approximate surface area is 110 Å². The number of hydrogen-bond donors (Lipinski definition) is 2. The zero-order valence-corrected chi connectivity index (χ0v) is 10.9. The van der Waals surface area contributed by atoms with Crippen LogP contribution in [0.15, 0.2) is 29.6 Å². The van der Waals surface area contributed by atoms with Crippen LogP contribution in [0, 0.1) is 5.92 Å². The third-order valence-electron chi connectivity index (χ3n) is 3.63. The van der Waals surface area contributed by atoms with Crippen molar-refractivity contribution in [1.29, 1.82) is 0 Å². The van der Waals surface area contributed by atoms with Crippen LogP contribution in [0.4, 0.5) is 5.69 Å². The Morgan fingerprint density at radius 1 is 1.33 bits per heavy atom. The Morgan fingerprint density at radius 3 is 3.00 bits per heavy atom. The van der Waals surface area contributed by atoms with E-state index in [2.05, 4.69) is 16.8 Å². The summed E-state index contributed by atoms with van der Waals surface area (Å²) < 4.78 is 1.24.